The molecule has 78 valence electrons. The first-order chi connectivity index (χ1) is 7.83. The van der Waals surface area contributed by atoms with Crippen molar-refractivity contribution in [2.75, 3.05) is 0 Å². The first-order valence-electron chi connectivity index (χ1n) is 4.89. The Labute approximate surface area is 91.0 Å². The molecule has 0 saturated carbocycles. The standard InChI is InChI=1S/C12H8FN3/c13-8-4-5-9-11(7-8)16-12(15-9)10-3-1-2-6-14-10/h1-7H,(H,15,16). The summed E-state index contributed by atoms with van der Waals surface area (Å²) in [4.78, 5) is 11.6. The van der Waals surface area contributed by atoms with Gasteiger partial charge in [0.2, 0.25) is 0 Å². The Morgan fingerprint density at radius 1 is 1.12 bits per heavy atom. The molecule has 0 unspecified atom stereocenters. The molecule has 16 heavy (non-hydrogen) atoms. The van der Waals surface area contributed by atoms with Crippen molar-refractivity contribution < 1.29 is 4.39 Å². The number of hydrogen-bond donors (Lipinski definition) is 1. The van der Waals surface area contributed by atoms with Crippen LogP contribution in [-0.2, 0) is 0 Å². The maximum absolute atomic E-state index is 13.0. The fourth-order valence-electron chi connectivity index (χ4n) is 1.60. The van der Waals surface area contributed by atoms with Gasteiger partial charge in [0.25, 0.3) is 0 Å². The van der Waals surface area contributed by atoms with Crippen molar-refractivity contribution in [2.45, 2.75) is 0 Å². The lowest BCUT2D eigenvalue weighted by atomic mass is 10.3. The molecule has 3 nitrogen and oxygen atoms in total. The largest absolute Gasteiger partial charge is 0.337 e. The second kappa shape index (κ2) is 3.41. The number of H-pyrrole nitrogens is 1. The van der Waals surface area contributed by atoms with Crippen molar-refractivity contribution in [3.63, 3.8) is 0 Å². The first-order valence-corrected chi connectivity index (χ1v) is 4.89. The zero-order valence-electron chi connectivity index (χ0n) is 8.31. The van der Waals surface area contributed by atoms with E-state index in [4.69, 9.17) is 0 Å². The Hall–Kier alpha value is -2.23. The highest BCUT2D eigenvalue weighted by molar-refractivity contribution is 5.78. The summed E-state index contributed by atoms with van der Waals surface area (Å²) in [7, 11) is 0. The molecule has 2 heterocycles. The van der Waals surface area contributed by atoms with Crippen molar-refractivity contribution in [3.8, 4) is 11.5 Å². The smallest absolute Gasteiger partial charge is 0.157 e. The predicted molar refractivity (Wildman–Crippen MR) is 59.3 cm³/mol. The average Bonchev–Trinajstić information content (AvgIpc) is 2.73. The monoisotopic (exact) mass is 213 g/mol. The minimum Gasteiger partial charge on any atom is -0.337 e. The van der Waals surface area contributed by atoms with Gasteiger partial charge in [0.05, 0.1) is 11.0 Å². The Morgan fingerprint density at radius 2 is 2.06 bits per heavy atom. The molecule has 1 N–H and O–H groups in total. The zero-order valence-corrected chi connectivity index (χ0v) is 8.31. The molecule has 0 aliphatic heterocycles. The third-order valence-electron chi connectivity index (χ3n) is 2.35. The van der Waals surface area contributed by atoms with Crippen molar-refractivity contribution in [3.05, 3.63) is 48.4 Å². The van der Waals surface area contributed by atoms with Crippen LogP contribution in [0.1, 0.15) is 0 Å². The quantitative estimate of drug-likeness (QED) is 0.675. The molecule has 3 rings (SSSR count). The number of nitrogens with zero attached hydrogens (tertiary/aromatic N) is 2. The summed E-state index contributed by atoms with van der Waals surface area (Å²) in [5.74, 6) is 0.368. The second-order valence-electron chi connectivity index (χ2n) is 3.46. The number of imidazole rings is 1. The number of fused-ring (bicyclic) bond motifs is 1. The Morgan fingerprint density at radius 3 is 2.88 bits per heavy atom. The fourth-order valence-corrected chi connectivity index (χ4v) is 1.60. The summed E-state index contributed by atoms with van der Waals surface area (Å²) in [6, 6.07) is 10.1. The molecule has 0 fully saturated rings. The van der Waals surface area contributed by atoms with Crippen LogP contribution in [0.25, 0.3) is 22.6 Å². The summed E-state index contributed by atoms with van der Waals surface area (Å²) in [6.07, 6.45) is 1.70. The summed E-state index contributed by atoms with van der Waals surface area (Å²) in [5, 5.41) is 0. The van der Waals surface area contributed by atoms with Crippen molar-refractivity contribution >= 4 is 11.0 Å². The van der Waals surface area contributed by atoms with E-state index in [2.05, 4.69) is 15.0 Å². The van der Waals surface area contributed by atoms with E-state index < -0.39 is 0 Å². The van der Waals surface area contributed by atoms with E-state index >= 15 is 0 Å². The lowest BCUT2D eigenvalue weighted by molar-refractivity contribution is 0.629. The van der Waals surface area contributed by atoms with Crippen molar-refractivity contribution in [1.82, 2.24) is 15.0 Å². The highest BCUT2D eigenvalue weighted by Gasteiger charge is 2.06. The fraction of sp³-hybridized carbons (Fsp3) is 0. The molecule has 0 bridgehead atoms. The Bertz CT molecular complexity index is 631. The zero-order chi connectivity index (χ0) is 11.0. The third kappa shape index (κ3) is 1.44. The van der Waals surface area contributed by atoms with Gasteiger partial charge in [-0.1, -0.05) is 6.07 Å². The van der Waals surface area contributed by atoms with Crippen molar-refractivity contribution in [1.29, 1.82) is 0 Å². The number of benzene rings is 1. The molecule has 0 atom stereocenters. The van der Waals surface area contributed by atoms with E-state index in [9.17, 15) is 4.39 Å². The highest BCUT2D eigenvalue weighted by Crippen LogP contribution is 2.18. The molecule has 0 radical (unpaired) electrons. The molecule has 4 heteroatoms. The molecule has 0 spiro atoms. The normalized spacial score (nSPS) is 10.8. The summed E-state index contributed by atoms with van der Waals surface area (Å²) in [5.41, 5.74) is 2.17. The molecule has 2 aromatic heterocycles. The van der Waals surface area contributed by atoms with Crippen LogP contribution in [0, 0.1) is 5.82 Å². The lowest BCUT2D eigenvalue weighted by Crippen LogP contribution is -1.82. The van der Waals surface area contributed by atoms with Gasteiger partial charge in [0.15, 0.2) is 5.82 Å². The molecular formula is C12H8FN3. The van der Waals surface area contributed by atoms with Gasteiger partial charge in [0, 0.05) is 12.3 Å². The minimum atomic E-state index is -0.286. The second-order valence-corrected chi connectivity index (χ2v) is 3.46. The lowest BCUT2D eigenvalue weighted by Gasteiger charge is -1.92. The molecule has 0 aliphatic carbocycles. The molecule has 0 amide bonds. The number of nitrogens with one attached hydrogen (secondary N) is 1. The van der Waals surface area contributed by atoms with E-state index in [1.165, 1.54) is 12.1 Å². The molecule has 0 saturated heterocycles. The van der Waals surface area contributed by atoms with Crippen LogP contribution >= 0.6 is 0 Å². The van der Waals surface area contributed by atoms with Crippen molar-refractivity contribution in [2.24, 2.45) is 0 Å². The summed E-state index contributed by atoms with van der Waals surface area (Å²) in [6.45, 7) is 0. The Kier molecular flexibility index (Phi) is 1.93. The van der Waals surface area contributed by atoms with Gasteiger partial charge in [-0.15, -0.1) is 0 Å². The number of aromatic nitrogens is 3. The summed E-state index contributed by atoms with van der Waals surface area (Å²) >= 11 is 0. The predicted octanol–water partition coefficient (Wildman–Crippen LogP) is 2.76. The van der Waals surface area contributed by atoms with E-state index in [0.717, 1.165) is 11.2 Å². The number of pyridine rings is 1. The molecule has 3 aromatic rings. The van der Waals surface area contributed by atoms with Gasteiger partial charge < -0.3 is 4.98 Å². The number of halogens is 1. The van der Waals surface area contributed by atoms with Gasteiger partial charge in [-0.25, -0.2) is 9.37 Å². The van der Waals surface area contributed by atoms with Crippen LogP contribution in [0.3, 0.4) is 0 Å². The van der Waals surface area contributed by atoms with E-state index in [1.807, 2.05) is 18.2 Å². The molecular weight excluding hydrogens is 205 g/mol. The minimum absolute atomic E-state index is 0.286. The van der Waals surface area contributed by atoms with Gasteiger partial charge in [-0.2, -0.15) is 0 Å². The van der Waals surface area contributed by atoms with Crippen LogP contribution in [0.15, 0.2) is 42.6 Å². The highest BCUT2D eigenvalue weighted by atomic mass is 19.1. The van der Waals surface area contributed by atoms with E-state index in [-0.39, 0.29) is 5.82 Å². The SMILES string of the molecule is Fc1ccc2[nH]c(-c3ccccn3)nc2c1. The van der Waals surface area contributed by atoms with Crippen LogP contribution < -0.4 is 0 Å². The van der Waals surface area contributed by atoms with Gasteiger partial charge in [0.1, 0.15) is 11.5 Å². The number of rotatable bonds is 1. The van der Waals surface area contributed by atoms with E-state index in [0.29, 0.717) is 11.3 Å². The number of aromatic amines is 1. The topological polar surface area (TPSA) is 41.6 Å². The third-order valence-corrected chi connectivity index (χ3v) is 2.35. The molecule has 0 aliphatic rings. The first kappa shape index (κ1) is 9.03. The van der Waals surface area contributed by atoms with Crippen LogP contribution in [0.4, 0.5) is 4.39 Å². The van der Waals surface area contributed by atoms with Gasteiger partial charge in [-0.3, -0.25) is 4.98 Å². The van der Waals surface area contributed by atoms with Gasteiger partial charge in [-0.05, 0) is 24.3 Å². The van der Waals surface area contributed by atoms with Crippen LogP contribution in [0.2, 0.25) is 0 Å². The van der Waals surface area contributed by atoms with Gasteiger partial charge >= 0.3 is 0 Å². The van der Waals surface area contributed by atoms with E-state index in [1.54, 1.807) is 12.3 Å². The van der Waals surface area contributed by atoms with Crippen LogP contribution in [0.5, 0.6) is 0 Å². The summed E-state index contributed by atoms with van der Waals surface area (Å²) < 4.78 is 13.0. The average molecular weight is 213 g/mol. The van der Waals surface area contributed by atoms with Crippen LogP contribution in [-0.4, -0.2) is 15.0 Å². The maximum atomic E-state index is 13.0. The molecule has 1 aromatic carbocycles. The maximum Gasteiger partial charge on any atom is 0.157 e. The number of hydrogen-bond acceptors (Lipinski definition) is 2. The Balaban J connectivity index is 2.19.